The van der Waals surface area contributed by atoms with Gasteiger partial charge in [-0.3, -0.25) is 0 Å². The topological polar surface area (TPSA) is 75.2 Å². The van der Waals surface area contributed by atoms with Gasteiger partial charge in [-0.25, -0.2) is 23.1 Å². The van der Waals surface area contributed by atoms with Crippen LogP contribution in [0.3, 0.4) is 0 Å². The fourth-order valence-corrected chi connectivity index (χ4v) is 3.90. The number of aromatic nitrogens is 2. The summed E-state index contributed by atoms with van der Waals surface area (Å²) >= 11 is 3.30. The molecule has 6 nitrogen and oxygen atoms in total. The first-order chi connectivity index (χ1) is 11.4. The minimum absolute atomic E-state index is 0.141. The average molecular weight is 411 g/mol. The summed E-state index contributed by atoms with van der Waals surface area (Å²) in [6, 6.07) is 8.34. The molecule has 128 valence electrons. The Bertz CT molecular complexity index is 818. The van der Waals surface area contributed by atoms with Gasteiger partial charge in [0, 0.05) is 23.3 Å². The third-order valence-electron chi connectivity index (χ3n) is 3.85. The molecular formula is C16H19BrN4O2S. The normalized spacial score (nSPS) is 15.0. The number of nitrogens with one attached hydrogen (secondary N) is 1. The second-order valence-electron chi connectivity index (χ2n) is 5.77. The minimum atomic E-state index is -3.56. The van der Waals surface area contributed by atoms with Gasteiger partial charge >= 0.3 is 0 Å². The highest BCUT2D eigenvalue weighted by molar-refractivity contribution is 9.10. The van der Waals surface area contributed by atoms with Crippen LogP contribution in [0.25, 0.3) is 0 Å². The molecule has 2 aromatic rings. The van der Waals surface area contributed by atoms with Gasteiger partial charge in [0.1, 0.15) is 0 Å². The van der Waals surface area contributed by atoms with Gasteiger partial charge in [-0.1, -0.05) is 15.9 Å². The van der Waals surface area contributed by atoms with E-state index in [9.17, 15) is 8.42 Å². The van der Waals surface area contributed by atoms with Crippen molar-refractivity contribution in [2.45, 2.75) is 31.2 Å². The molecule has 0 atom stereocenters. The predicted molar refractivity (Wildman–Crippen MR) is 96.4 cm³/mol. The molecule has 0 radical (unpaired) electrons. The van der Waals surface area contributed by atoms with Crippen LogP contribution < -0.4 is 9.62 Å². The Morgan fingerprint density at radius 1 is 1.17 bits per heavy atom. The molecule has 1 saturated heterocycles. The lowest BCUT2D eigenvalue weighted by Crippen LogP contribution is -2.25. The van der Waals surface area contributed by atoms with Gasteiger partial charge in [0.05, 0.1) is 17.1 Å². The highest BCUT2D eigenvalue weighted by Crippen LogP contribution is 2.18. The van der Waals surface area contributed by atoms with Gasteiger partial charge in [-0.2, -0.15) is 0 Å². The molecule has 2 heterocycles. The van der Waals surface area contributed by atoms with E-state index in [1.807, 2.05) is 13.0 Å². The number of benzene rings is 1. The molecule has 0 amide bonds. The Labute approximate surface area is 150 Å². The van der Waals surface area contributed by atoms with E-state index >= 15 is 0 Å². The molecule has 3 rings (SSSR count). The minimum Gasteiger partial charge on any atom is -0.341 e. The third kappa shape index (κ3) is 4.12. The van der Waals surface area contributed by atoms with Crippen molar-refractivity contribution in [3.05, 3.63) is 46.2 Å². The molecule has 1 aliphatic rings. The molecule has 8 heteroatoms. The lowest BCUT2D eigenvalue weighted by atomic mass is 10.3. The maximum atomic E-state index is 12.4. The zero-order valence-corrected chi connectivity index (χ0v) is 15.8. The van der Waals surface area contributed by atoms with Crippen molar-refractivity contribution < 1.29 is 8.42 Å². The van der Waals surface area contributed by atoms with Gasteiger partial charge in [-0.05, 0) is 50.1 Å². The molecule has 0 aliphatic carbocycles. The van der Waals surface area contributed by atoms with Gasteiger partial charge in [0.2, 0.25) is 16.0 Å². The van der Waals surface area contributed by atoms with Crippen LogP contribution >= 0.6 is 15.9 Å². The Kier molecular flexibility index (Phi) is 5.17. The largest absolute Gasteiger partial charge is 0.341 e. The smallest absolute Gasteiger partial charge is 0.240 e. The maximum Gasteiger partial charge on any atom is 0.240 e. The number of aryl methyl sites for hydroxylation is 1. The second kappa shape index (κ2) is 7.16. The summed E-state index contributed by atoms with van der Waals surface area (Å²) in [4.78, 5) is 11.3. The van der Waals surface area contributed by atoms with E-state index in [0.717, 1.165) is 36.1 Å². The van der Waals surface area contributed by atoms with Gasteiger partial charge in [-0.15, -0.1) is 0 Å². The summed E-state index contributed by atoms with van der Waals surface area (Å²) in [5.41, 5.74) is 1.51. The molecule has 1 N–H and O–H groups in total. The standard InChI is InChI=1S/C16H19BrN4O2S/c1-12-10-14(20-16(19-12)21-8-2-3-9-21)11-18-24(22,23)15-6-4-13(17)5-7-15/h4-7,10,18H,2-3,8-9,11H2,1H3. The maximum absolute atomic E-state index is 12.4. The number of halogens is 1. The van der Waals surface area contributed by atoms with Crippen molar-refractivity contribution in [1.82, 2.24) is 14.7 Å². The summed E-state index contributed by atoms with van der Waals surface area (Å²) in [5.74, 6) is 0.685. The zero-order chi connectivity index (χ0) is 17.2. The number of hydrogen-bond acceptors (Lipinski definition) is 5. The Morgan fingerprint density at radius 2 is 1.83 bits per heavy atom. The summed E-state index contributed by atoms with van der Waals surface area (Å²) in [7, 11) is -3.56. The number of sulfonamides is 1. The fourth-order valence-electron chi connectivity index (χ4n) is 2.63. The molecule has 1 aliphatic heterocycles. The summed E-state index contributed by atoms with van der Waals surface area (Å²) in [6.45, 7) is 3.94. The predicted octanol–water partition coefficient (Wildman–Crippen LogP) is 2.63. The summed E-state index contributed by atoms with van der Waals surface area (Å²) < 4.78 is 28.2. The van der Waals surface area contributed by atoms with Crippen molar-refractivity contribution >= 4 is 31.9 Å². The van der Waals surface area contributed by atoms with E-state index in [1.165, 1.54) is 0 Å². The summed E-state index contributed by atoms with van der Waals surface area (Å²) in [5, 5.41) is 0. The van der Waals surface area contributed by atoms with E-state index in [-0.39, 0.29) is 11.4 Å². The number of rotatable bonds is 5. The Hall–Kier alpha value is -1.51. The van der Waals surface area contributed by atoms with Crippen molar-refractivity contribution in [2.75, 3.05) is 18.0 Å². The van der Waals surface area contributed by atoms with Crippen LogP contribution in [-0.4, -0.2) is 31.5 Å². The van der Waals surface area contributed by atoms with Gasteiger partial charge < -0.3 is 4.90 Å². The van der Waals surface area contributed by atoms with Crippen LogP contribution in [0.2, 0.25) is 0 Å². The lowest BCUT2D eigenvalue weighted by Gasteiger charge is -2.16. The SMILES string of the molecule is Cc1cc(CNS(=O)(=O)c2ccc(Br)cc2)nc(N2CCCC2)n1. The van der Waals surface area contributed by atoms with Crippen LogP contribution in [0.15, 0.2) is 39.7 Å². The molecular weight excluding hydrogens is 392 g/mol. The molecule has 0 spiro atoms. The average Bonchev–Trinajstić information content (AvgIpc) is 3.07. The van der Waals surface area contributed by atoms with E-state index in [1.54, 1.807) is 24.3 Å². The van der Waals surface area contributed by atoms with E-state index in [4.69, 9.17) is 0 Å². The number of nitrogens with zero attached hydrogens (tertiary/aromatic N) is 3. The zero-order valence-electron chi connectivity index (χ0n) is 13.4. The lowest BCUT2D eigenvalue weighted by molar-refractivity contribution is 0.580. The molecule has 1 fully saturated rings. The van der Waals surface area contributed by atoms with Crippen LogP contribution in [0.4, 0.5) is 5.95 Å². The molecule has 1 aromatic carbocycles. The van der Waals surface area contributed by atoms with Crippen molar-refractivity contribution in [3.8, 4) is 0 Å². The number of anilines is 1. The number of hydrogen-bond donors (Lipinski definition) is 1. The summed E-state index contributed by atoms with van der Waals surface area (Å²) in [6.07, 6.45) is 2.28. The van der Waals surface area contributed by atoms with E-state index < -0.39 is 10.0 Å². The monoisotopic (exact) mass is 410 g/mol. The third-order valence-corrected chi connectivity index (χ3v) is 5.80. The molecule has 0 bridgehead atoms. The first-order valence-corrected chi connectivity index (χ1v) is 10.1. The van der Waals surface area contributed by atoms with Crippen LogP contribution in [0.1, 0.15) is 24.2 Å². The quantitative estimate of drug-likeness (QED) is 0.819. The van der Waals surface area contributed by atoms with Crippen molar-refractivity contribution in [2.24, 2.45) is 0 Å². The highest BCUT2D eigenvalue weighted by atomic mass is 79.9. The van der Waals surface area contributed by atoms with Gasteiger partial charge in [0.15, 0.2) is 0 Å². The second-order valence-corrected chi connectivity index (χ2v) is 8.46. The Morgan fingerprint density at radius 3 is 2.50 bits per heavy atom. The van der Waals surface area contributed by atoms with E-state index in [2.05, 4.69) is 35.5 Å². The van der Waals surface area contributed by atoms with Crippen molar-refractivity contribution in [3.63, 3.8) is 0 Å². The molecule has 0 saturated carbocycles. The molecule has 1 aromatic heterocycles. The highest BCUT2D eigenvalue weighted by Gasteiger charge is 2.17. The first-order valence-electron chi connectivity index (χ1n) is 7.79. The van der Waals surface area contributed by atoms with Crippen molar-refractivity contribution in [1.29, 1.82) is 0 Å². The molecule has 0 unspecified atom stereocenters. The first kappa shape index (κ1) is 17.3. The van der Waals surface area contributed by atoms with E-state index in [0.29, 0.717) is 11.6 Å². The molecule has 24 heavy (non-hydrogen) atoms. The van der Waals surface area contributed by atoms with Gasteiger partial charge in [0.25, 0.3) is 0 Å². The Balaban J connectivity index is 1.75. The van der Waals surface area contributed by atoms with Crippen LogP contribution in [0.5, 0.6) is 0 Å². The van der Waals surface area contributed by atoms with Crippen LogP contribution in [-0.2, 0) is 16.6 Å². The van der Waals surface area contributed by atoms with Crippen LogP contribution in [0, 0.1) is 6.92 Å². The fraction of sp³-hybridized carbons (Fsp3) is 0.375.